The lowest BCUT2D eigenvalue weighted by molar-refractivity contribution is -0.137. The summed E-state index contributed by atoms with van der Waals surface area (Å²) in [5, 5.41) is 0.926. The minimum atomic E-state index is -4.37. The largest absolute Gasteiger partial charge is 0.416 e. The molecule has 0 aliphatic carbocycles. The van der Waals surface area contributed by atoms with Gasteiger partial charge in [-0.05, 0) is 43.0 Å². The van der Waals surface area contributed by atoms with Gasteiger partial charge >= 0.3 is 6.18 Å². The molecule has 0 spiro atoms. The summed E-state index contributed by atoms with van der Waals surface area (Å²) in [4.78, 5) is 13.9. The fraction of sp³-hybridized carbons (Fsp3) is 0.500. The number of benzene rings is 1. The van der Waals surface area contributed by atoms with Crippen LogP contribution in [0.15, 0.2) is 24.3 Å². The average Bonchev–Trinajstić information content (AvgIpc) is 2.46. The number of alkyl halides is 4. The van der Waals surface area contributed by atoms with Crippen molar-refractivity contribution in [1.29, 1.82) is 0 Å². The lowest BCUT2D eigenvalue weighted by atomic mass is 9.98. The summed E-state index contributed by atoms with van der Waals surface area (Å²) >= 11 is 3.43. The Morgan fingerprint density at radius 1 is 1.20 bits per heavy atom. The molecule has 1 heterocycles. The summed E-state index contributed by atoms with van der Waals surface area (Å²) in [5.41, 5.74) is -0.415. The van der Waals surface area contributed by atoms with Crippen LogP contribution in [0.4, 0.5) is 13.2 Å². The van der Waals surface area contributed by atoms with Crippen LogP contribution in [0.25, 0.3) is 0 Å². The highest BCUT2D eigenvalue weighted by molar-refractivity contribution is 9.09. The maximum atomic E-state index is 12.5. The summed E-state index contributed by atoms with van der Waals surface area (Å²) in [6.45, 7) is 1.33. The third kappa shape index (κ3) is 3.53. The first-order chi connectivity index (χ1) is 9.41. The number of rotatable bonds is 2. The summed E-state index contributed by atoms with van der Waals surface area (Å²) in [7, 11) is 0. The Balaban J connectivity index is 2.03. The monoisotopic (exact) mass is 349 g/mol. The van der Waals surface area contributed by atoms with Gasteiger partial charge in [0.05, 0.1) is 5.56 Å². The van der Waals surface area contributed by atoms with Crippen LogP contribution in [0.3, 0.4) is 0 Å². The predicted molar refractivity (Wildman–Crippen MR) is 73.9 cm³/mol. The molecule has 0 saturated carbocycles. The van der Waals surface area contributed by atoms with E-state index in [4.69, 9.17) is 0 Å². The molecule has 0 unspecified atom stereocenters. The van der Waals surface area contributed by atoms with Gasteiger partial charge in [0, 0.05) is 24.0 Å². The van der Waals surface area contributed by atoms with E-state index >= 15 is 0 Å². The van der Waals surface area contributed by atoms with Crippen molar-refractivity contribution in [3.05, 3.63) is 35.4 Å². The summed E-state index contributed by atoms with van der Waals surface area (Å²) in [6.07, 6.45) is -2.51. The van der Waals surface area contributed by atoms with Gasteiger partial charge in [0.2, 0.25) is 0 Å². The van der Waals surface area contributed by atoms with Gasteiger partial charge in [-0.3, -0.25) is 4.79 Å². The fourth-order valence-electron chi connectivity index (χ4n) is 2.27. The lowest BCUT2D eigenvalue weighted by Gasteiger charge is -2.31. The van der Waals surface area contributed by atoms with Crippen molar-refractivity contribution in [3.8, 4) is 0 Å². The van der Waals surface area contributed by atoms with Crippen molar-refractivity contribution >= 4 is 21.8 Å². The van der Waals surface area contributed by atoms with Gasteiger partial charge in [0.25, 0.3) is 5.91 Å². The second-order valence-electron chi connectivity index (χ2n) is 4.96. The smallest absolute Gasteiger partial charge is 0.339 e. The average molecular weight is 350 g/mol. The van der Waals surface area contributed by atoms with Crippen molar-refractivity contribution in [2.24, 2.45) is 5.92 Å². The number of hydrogen-bond donors (Lipinski definition) is 0. The van der Waals surface area contributed by atoms with Crippen LogP contribution in [0.2, 0.25) is 0 Å². The summed E-state index contributed by atoms with van der Waals surface area (Å²) in [5.74, 6) is 0.387. The van der Waals surface area contributed by atoms with Crippen LogP contribution in [0.1, 0.15) is 28.8 Å². The minimum absolute atomic E-state index is 0.188. The molecule has 1 fully saturated rings. The third-order valence-electron chi connectivity index (χ3n) is 3.58. The van der Waals surface area contributed by atoms with E-state index in [1.807, 2.05) is 0 Å². The summed E-state index contributed by atoms with van der Waals surface area (Å²) in [6, 6.07) is 4.42. The summed E-state index contributed by atoms with van der Waals surface area (Å²) < 4.78 is 37.4. The van der Waals surface area contributed by atoms with Gasteiger partial charge in [-0.25, -0.2) is 0 Å². The molecule has 1 saturated heterocycles. The number of halogens is 4. The zero-order chi connectivity index (χ0) is 14.8. The Labute approximate surface area is 124 Å². The first-order valence-corrected chi connectivity index (χ1v) is 7.56. The normalized spacial score (nSPS) is 17.3. The molecule has 1 aliphatic heterocycles. The Morgan fingerprint density at radius 2 is 1.75 bits per heavy atom. The van der Waals surface area contributed by atoms with Crippen LogP contribution in [0.5, 0.6) is 0 Å². The molecule has 1 amide bonds. The molecule has 20 heavy (non-hydrogen) atoms. The van der Waals surface area contributed by atoms with Crippen LogP contribution in [-0.2, 0) is 6.18 Å². The zero-order valence-electron chi connectivity index (χ0n) is 10.8. The molecular formula is C14H15BrF3NO. The van der Waals surface area contributed by atoms with Crippen molar-refractivity contribution in [2.75, 3.05) is 18.4 Å². The van der Waals surface area contributed by atoms with Gasteiger partial charge in [0.1, 0.15) is 0 Å². The second kappa shape index (κ2) is 6.16. The standard InChI is InChI=1S/C14H15BrF3NO/c15-9-10-5-7-19(8-6-10)13(20)11-1-3-12(4-2-11)14(16,17)18/h1-4,10H,5-9H2. The molecule has 0 bridgehead atoms. The van der Waals surface area contributed by atoms with E-state index in [1.54, 1.807) is 4.90 Å². The van der Waals surface area contributed by atoms with Gasteiger partial charge in [-0.2, -0.15) is 13.2 Å². The molecule has 2 nitrogen and oxygen atoms in total. The number of carbonyl (C=O) groups excluding carboxylic acids is 1. The van der Waals surface area contributed by atoms with E-state index in [0.717, 1.165) is 30.3 Å². The first kappa shape index (κ1) is 15.4. The molecule has 6 heteroatoms. The van der Waals surface area contributed by atoms with E-state index in [1.165, 1.54) is 12.1 Å². The maximum absolute atomic E-state index is 12.5. The Bertz CT molecular complexity index is 464. The minimum Gasteiger partial charge on any atom is -0.339 e. The van der Waals surface area contributed by atoms with E-state index in [-0.39, 0.29) is 5.91 Å². The van der Waals surface area contributed by atoms with Crippen molar-refractivity contribution in [1.82, 2.24) is 4.90 Å². The fourth-order valence-corrected chi connectivity index (χ4v) is 2.92. The number of nitrogens with zero attached hydrogens (tertiary/aromatic N) is 1. The quantitative estimate of drug-likeness (QED) is 0.740. The SMILES string of the molecule is O=C(c1ccc(C(F)(F)F)cc1)N1CCC(CBr)CC1. The van der Waals surface area contributed by atoms with E-state index < -0.39 is 11.7 Å². The second-order valence-corrected chi connectivity index (χ2v) is 5.61. The van der Waals surface area contributed by atoms with Crippen LogP contribution >= 0.6 is 15.9 Å². The number of piperidine rings is 1. The van der Waals surface area contributed by atoms with Crippen molar-refractivity contribution in [2.45, 2.75) is 19.0 Å². The van der Waals surface area contributed by atoms with E-state index in [2.05, 4.69) is 15.9 Å². The number of amides is 1. The van der Waals surface area contributed by atoms with Crippen molar-refractivity contribution in [3.63, 3.8) is 0 Å². The Hall–Kier alpha value is -1.04. The third-order valence-corrected chi connectivity index (χ3v) is 4.49. The van der Waals surface area contributed by atoms with Gasteiger partial charge in [0.15, 0.2) is 0 Å². The molecule has 110 valence electrons. The number of carbonyl (C=O) groups is 1. The molecule has 0 N–H and O–H groups in total. The Morgan fingerprint density at radius 3 is 2.20 bits per heavy atom. The lowest BCUT2D eigenvalue weighted by Crippen LogP contribution is -2.38. The van der Waals surface area contributed by atoms with E-state index in [0.29, 0.717) is 24.6 Å². The van der Waals surface area contributed by atoms with Crippen molar-refractivity contribution < 1.29 is 18.0 Å². The van der Waals surface area contributed by atoms with Gasteiger partial charge in [-0.15, -0.1) is 0 Å². The molecule has 0 atom stereocenters. The molecular weight excluding hydrogens is 335 g/mol. The highest BCUT2D eigenvalue weighted by atomic mass is 79.9. The van der Waals surface area contributed by atoms with Crippen LogP contribution in [0, 0.1) is 5.92 Å². The molecule has 2 rings (SSSR count). The van der Waals surface area contributed by atoms with Gasteiger partial charge in [-0.1, -0.05) is 15.9 Å². The highest BCUT2D eigenvalue weighted by Gasteiger charge is 2.30. The van der Waals surface area contributed by atoms with Crippen LogP contribution < -0.4 is 0 Å². The first-order valence-electron chi connectivity index (χ1n) is 6.44. The number of hydrogen-bond acceptors (Lipinski definition) is 1. The molecule has 1 aromatic carbocycles. The zero-order valence-corrected chi connectivity index (χ0v) is 12.4. The highest BCUT2D eigenvalue weighted by Crippen LogP contribution is 2.29. The molecule has 0 aromatic heterocycles. The van der Waals surface area contributed by atoms with E-state index in [9.17, 15) is 18.0 Å². The molecule has 1 aliphatic rings. The Kier molecular flexibility index (Phi) is 4.73. The molecule has 0 radical (unpaired) electrons. The maximum Gasteiger partial charge on any atom is 0.416 e. The van der Waals surface area contributed by atoms with Crippen LogP contribution in [-0.4, -0.2) is 29.2 Å². The molecule has 1 aromatic rings. The topological polar surface area (TPSA) is 20.3 Å². The van der Waals surface area contributed by atoms with Gasteiger partial charge < -0.3 is 4.90 Å². The predicted octanol–water partition coefficient (Wildman–Crippen LogP) is 3.95. The number of likely N-dealkylation sites (tertiary alicyclic amines) is 1.